The second-order valence-electron chi connectivity index (χ2n) is 9.09. The van der Waals surface area contributed by atoms with Crippen LogP contribution in [0.15, 0.2) is 65.3 Å². The highest BCUT2D eigenvalue weighted by molar-refractivity contribution is 6.06. The zero-order valence-electron chi connectivity index (χ0n) is 20.0. The molecule has 8 nitrogen and oxygen atoms in total. The fourth-order valence-corrected chi connectivity index (χ4v) is 4.23. The summed E-state index contributed by atoms with van der Waals surface area (Å²) in [5.41, 5.74) is 4.16. The molecular weight excluding hydrogens is 440 g/mol. The molecule has 1 aliphatic rings. The minimum atomic E-state index is -0.0795. The maximum Gasteiger partial charge on any atom is 0.321 e. The summed E-state index contributed by atoms with van der Waals surface area (Å²) in [4.78, 5) is 23.3. The second kappa shape index (κ2) is 10.1. The van der Waals surface area contributed by atoms with E-state index in [0.717, 1.165) is 59.0 Å². The van der Waals surface area contributed by atoms with E-state index in [1.54, 1.807) is 0 Å². The van der Waals surface area contributed by atoms with Crippen LogP contribution in [0.25, 0.3) is 33.6 Å². The third-order valence-corrected chi connectivity index (χ3v) is 6.03. The Balaban J connectivity index is 1.51. The van der Waals surface area contributed by atoms with Crippen LogP contribution in [0.1, 0.15) is 13.8 Å². The molecule has 0 unspecified atom stereocenters. The van der Waals surface area contributed by atoms with E-state index in [1.165, 1.54) is 6.33 Å². The van der Waals surface area contributed by atoms with E-state index < -0.39 is 0 Å². The second-order valence-corrected chi connectivity index (χ2v) is 9.09. The van der Waals surface area contributed by atoms with Gasteiger partial charge in [0.15, 0.2) is 0 Å². The molecule has 3 heterocycles. The number of fused-ring (bicyclic) bond motifs is 1. The number of hydrogen-bond donors (Lipinski definition) is 3. The average Bonchev–Trinajstić information content (AvgIpc) is 3.29. The van der Waals surface area contributed by atoms with Gasteiger partial charge in [-0.2, -0.15) is 0 Å². The summed E-state index contributed by atoms with van der Waals surface area (Å²) in [5, 5.41) is 10.6. The molecule has 2 amide bonds. The Bertz CT molecular complexity index is 1290. The summed E-state index contributed by atoms with van der Waals surface area (Å²) in [5.74, 6) is 1.95. The number of furan rings is 1. The Hall–Kier alpha value is -3.91. The van der Waals surface area contributed by atoms with Gasteiger partial charge in [0, 0.05) is 49.5 Å². The molecule has 0 atom stereocenters. The molecule has 3 N–H and O–H groups in total. The first-order valence-electron chi connectivity index (χ1n) is 12.0. The number of hydrogen-bond acceptors (Lipinski definition) is 6. The third kappa shape index (κ3) is 4.97. The van der Waals surface area contributed by atoms with Crippen LogP contribution in [0.3, 0.4) is 0 Å². The van der Waals surface area contributed by atoms with Gasteiger partial charge in [0.25, 0.3) is 0 Å². The third-order valence-electron chi connectivity index (χ3n) is 6.03. The number of carbonyl (C=O) groups is 1. The molecule has 1 aliphatic heterocycles. The van der Waals surface area contributed by atoms with Gasteiger partial charge in [-0.3, -0.25) is 0 Å². The Labute approximate surface area is 204 Å². The molecule has 35 heavy (non-hydrogen) atoms. The van der Waals surface area contributed by atoms with Crippen LogP contribution in [0.2, 0.25) is 0 Å². The number of aromatic nitrogens is 2. The minimum absolute atomic E-state index is 0.0795. The standard InChI is InChI=1S/C27H30N6O2/c1-18(2)16-29-25-23-22(19-6-4-3-5-7-19)24(35-26(23)31-17-30-25)20-8-10-21(11-9-20)32-27(34)33-14-12-28-13-15-33/h3-11,17-18,28H,12-16H2,1-2H3,(H,32,34)(H,29,30,31). The molecule has 8 heteroatoms. The molecular formula is C27H30N6O2. The lowest BCUT2D eigenvalue weighted by Gasteiger charge is -2.27. The zero-order valence-corrected chi connectivity index (χ0v) is 20.0. The molecule has 5 rings (SSSR count). The van der Waals surface area contributed by atoms with E-state index in [2.05, 4.69) is 51.9 Å². The van der Waals surface area contributed by atoms with E-state index in [4.69, 9.17) is 4.42 Å². The number of rotatable bonds is 6. The van der Waals surface area contributed by atoms with Crippen LogP contribution in [0, 0.1) is 5.92 Å². The van der Waals surface area contributed by atoms with Crippen LogP contribution >= 0.6 is 0 Å². The molecule has 0 radical (unpaired) electrons. The maximum absolute atomic E-state index is 12.6. The monoisotopic (exact) mass is 470 g/mol. The smallest absolute Gasteiger partial charge is 0.321 e. The summed E-state index contributed by atoms with van der Waals surface area (Å²) in [6.45, 7) is 8.16. The van der Waals surface area contributed by atoms with Crippen LogP contribution in [-0.4, -0.2) is 53.6 Å². The molecule has 0 saturated carbocycles. The van der Waals surface area contributed by atoms with Crippen molar-refractivity contribution in [3.8, 4) is 22.5 Å². The molecule has 4 aromatic rings. The first-order valence-corrected chi connectivity index (χ1v) is 12.0. The molecule has 1 fully saturated rings. The van der Waals surface area contributed by atoms with E-state index in [9.17, 15) is 4.79 Å². The predicted molar refractivity (Wildman–Crippen MR) is 139 cm³/mol. The topological polar surface area (TPSA) is 95.3 Å². The maximum atomic E-state index is 12.6. The van der Waals surface area contributed by atoms with Crippen molar-refractivity contribution >= 4 is 28.6 Å². The first kappa shape index (κ1) is 22.9. The quantitative estimate of drug-likeness (QED) is 0.365. The Morgan fingerprint density at radius 3 is 2.49 bits per heavy atom. The van der Waals surface area contributed by atoms with Crippen molar-refractivity contribution in [1.82, 2.24) is 20.2 Å². The van der Waals surface area contributed by atoms with Gasteiger partial charge in [-0.15, -0.1) is 0 Å². The lowest BCUT2D eigenvalue weighted by atomic mass is 9.99. The average molecular weight is 471 g/mol. The molecule has 0 bridgehead atoms. The number of anilines is 2. The van der Waals surface area contributed by atoms with Crippen LogP contribution in [0.5, 0.6) is 0 Å². The fourth-order valence-electron chi connectivity index (χ4n) is 4.23. The van der Waals surface area contributed by atoms with Crippen molar-refractivity contribution < 1.29 is 9.21 Å². The van der Waals surface area contributed by atoms with Gasteiger partial charge in [-0.05, 0) is 35.7 Å². The molecule has 180 valence electrons. The predicted octanol–water partition coefficient (Wildman–Crippen LogP) is 5.06. The molecule has 2 aromatic carbocycles. The van der Waals surface area contributed by atoms with Crippen LogP contribution in [0.4, 0.5) is 16.3 Å². The Morgan fingerprint density at radius 2 is 1.77 bits per heavy atom. The zero-order chi connectivity index (χ0) is 24.2. The summed E-state index contributed by atoms with van der Waals surface area (Å²) in [7, 11) is 0. The molecule has 2 aromatic heterocycles. The van der Waals surface area contributed by atoms with Gasteiger partial charge in [0.2, 0.25) is 5.71 Å². The first-order chi connectivity index (χ1) is 17.1. The number of piperazine rings is 1. The van der Waals surface area contributed by atoms with Crippen molar-refractivity contribution in [2.24, 2.45) is 5.92 Å². The number of carbonyl (C=O) groups excluding carboxylic acids is 1. The van der Waals surface area contributed by atoms with Crippen molar-refractivity contribution in [3.63, 3.8) is 0 Å². The Morgan fingerprint density at radius 1 is 1.03 bits per heavy atom. The number of urea groups is 1. The van der Waals surface area contributed by atoms with Gasteiger partial charge in [-0.1, -0.05) is 44.2 Å². The van der Waals surface area contributed by atoms with Crippen LogP contribution < -0.4 is 16.0 Å². The minimum Gasteiger partial charge on any atom is -0.437 e. The van der Waals surface area contributed by atoms with Gasteiger partial charge < -0.3 is 25.3 Å². The van der Waals surface area contributed by atoms with E-state index >= 15 is 0 Å². The number of benzene rings is 2. The van der Waals surface area contributed by atoms with E-state index in [1.807, 2.05) is 47.4 Å². The Kier molecular flexibility index (Phi) is 6.63. The molecule has 0 spiro atoms. The fraction of sp³-hybridized carbons (Fsp3) is 0.296. The van der Waals surface area contributed by atoms with Crippen LogP contribution in [-0.2, 0) is 0 Å². The van der Waals surface area contributed by atoms with Crippen molar-refractivity contribution in [1.29, 1.82) is 0 Å². The SMILES string of the molecule is CC(C)CNc1ncnc2oc(-c3ccc(NC(=O)N4CCNCC4)cc3)c(-c3ccccc3)c12. The van der Waals surface area contributed by atoms with Crippen molar-refractivity contribution in [2.75, 3.05) is 43.4 Å². The van der Waals surface area contributed by atoms with Gasteiger partial charge in [-0.25, -0.2) is 14.8 Å². The van der Waals surface area contributed by atoms with Crippen molar-refractivity contribution in [2.45, 2.75) is 13.8 Å². The van der Waals surface area contributed by atoms with Gasteiger partial charge in [0.05, 0.1) is 5.39 Å². The van der Waals surface area contributed by atoms with Gasteiger partial charge in [0.1, 0.15) is 17.9 Å². The lowest BCUT2D eigenvalue weighted by molar-refractivity contribution is 0.204. The van der Waals surface area contributed by atoms with Crippen molar-refractivity contribution in [3.05, 3.63) is 60.9 Å². The van der Waals surface area contributed by atoms with Gasteiger partial charge >= 0.3 is 6.03 Å². The highest BCUT2D eigenvalue weighted by Gasteiger charge is 2.22. The lowest BCUT2D eigenvalue weighted by Crippen LogP contribution is -2.48. The summed E-state index contributed by atoms with van der Waals surface area (Å²) in [6, 6.07) is 17.8. The normalized spacial score (nSPS) is 13.9. The summed E-state index contributed by atoms with van der Waals surface area (Å²) >= 11 is 0. The summed E-state index contributed by atoms with van der Waals surface area (Å²) in [6.07, 6.45) is 1.53. The largest absolute Gasteiger partial charge is 0.437 e. The number of nitrogens with one attached hydrogen (secondary N) is 3. The number of nitrogens with zero attached hydrogens (tertiary/aromatic N) is 3. The number of amides is 2. The molecule has 0 aliphatic carbocycles. The summed E-state index contributed by atoms with van der Waals surface area (Å²) < 4.78 is 6.31. The highest BCUT2D eigenvalue weighted by Crippen LogP contribution is 2.42. The van der Waals surface area contributed by atoms with E-state index in [0.29, 0.717) is 24.7 Å². The van der Waals surface area contributed by atoms with E-state index in [-0.39, 0.29) is 6.03 Å². The molecule has 1 saturated heterocycles. The highest BCUT2D eigenvalue weighted by atomic mass is 16.3.